The minimum atomic E-state index is -0.399. The van der Waals surface area contributed by atoms with Crippen molar-refractivity contribution in [2.45, 2.75) is 6.92 Å². The minimum Gasteiger partial charge on any atom is -0.444 e. The van der Waals surface area contributed by atoms with Crippen molar-refractivity contribution in [3.05, 3.63) is 52.7 Å². The lowest BCUT2D eigenvalue weighted by atomic mass is 10.2. The van der Waals surface area contributed by atoms with E-state index in [0.29, 0.717) is 10.4 Å². The van der Waals surface area contributed by atoms with E-state index in [1.165, 1.54) is 0 Å². The van der Waals surface area contributed by atoms with Crippen LogP contribution in [0.2, 0.25) is 0 Å². The number of aromatic nitrogens is 1. The Morgan fingerprint density at radius 3 is 2.89 bits per heavy atom. The second-order valence-corrected chi connectivity index (χ2v) is 4.27. The van der Waals surface area contributed by atoms with Crippen molar-refractivity contribution < 1.29 is 9.21 Å². The second kappa shape index (κ2) is 5.59. The molecule has 0 aromatic carbocycles. The van der Waals surface area contributed by atoms with Crippen LogP contribution in [-0.4, -0.2) is 16.6 Å². The topological polar surface area (TPSA) is 67.5 Å². The third-order valence-corrected chi connectivity index (χ3v) is 2.63. The fourth-order valence-corrected chi connectivity index (χ4v) is 1.57. The predicted octanol–water partition coefficient (Wildman–Crippen LogP) is 2.59. The van der Waals surface area contributed by atoms with Gasteiger partial charge in [0.05, 0.1) is 5.71 Å². The van der Waals surface area contributed by atoms with Gasteiger partial charge in [0.15, 0.2) is 10.4 Å². The largest absolute Gasteiger partial charge is 0.444 e. The highest BCUT2D eigenvalue weighted by molar-refractivity contribution is 9.10. The van der Waals surface area contributed by atoms with Crippen LogP contribution in [-0.2, 0) is 0 Å². The molecule has 0 aliphatic carbocycles. The molecule has 2 aromatic heterocycles. The quantitative estimate of drug-likeness (QED) is 0.700. The Labute approximate surface area is 112 Å². The number of hydrazone groups is 1. The van der Waals surface area contributed by atoms with Gasteiger partial charge in [-0.15, -0.1) is 0 Å². The van der Waals surface area contributed by atoms with Gasteiger partial charge in [0.2, 0.25) is 0 Å². The van der Waals surface area contributed by atoms with Gasteiger partial charge in [0.25, 0.3) is 0 Å². The smallest absolute Gasteiger partial charge is 0.307 e. The summed E-state index contributed by atoms with van der Waals surface area (Å²) >= 11 is 3.13. The van der Waals surface area contributed by atoms with Crippen LogP contribution in [0, 0.1) is 0 Å². The van der Waals surface area contributed by atoms with Gasteiger partial charge in [-0.1, -0.05) is 6.07 Å². The lowest BCUT2D eigenvalue weighted by molar-refractivity contribution is 0.0926. The first kappa shape index (κ1) is 12.5. The number of nitrogens with one attached hydrogen (secondary N) is 1. The Morgan fingerprint density at radius 2 is 2.28 bits per heavy atom. The van der Waals surface area contributed by atoms with Crippen molar-refractivity contribution in [1.82, 2.24) is 10.4 Å². The second-order valence-electron chi connectivity index (χ2n) is 3.48. The van der Waals surface area contributed by atoms with Crippen molar-refractivity contribution in [1.29, 1.82) is 0 Å². The molecule has 0 unspecified atom stereocenters. The minimum absolute atomic E-state index is 0.199. The summed E-state index contributed by atoms with van der Waals surface area (Å²) in [5, 5.41) is 3.98. The number of carbonyl (C=O) groups is 1. The summed E-state index contributed by atoms with van der Waals surface area (Å²) in [5.74, 6) is -0.200. The van der Waals surface area contributed by atoms with Gasteiger partial charge >= 0.3 is 5.91 Å². The monoisotopic (exact) mass is 307 g/mol. The SMILES string of the molecule is CC(=NNC(=O)c1ccc(Br)o1)c1cccnc1. The lowest BCUT2D eigenvalue weighted by Gasteiger charge is -2.00. The molecule has 0 radical (unpaired) electrons. The number of amides is 1. The van der Waals surface area contributed by atoms with Crippen LogP contribution in [0.25, 0.3) is 0 Å². The molecule has 5 nitrogen and oxygen atoms in total. The third-order valence-electron chi connectivity index (χ3n) is 2.20. The molecule has 0 bridgehead atoms. The summed E-state index contributed by atoms with van der Waals surface area (Å²) in [5.41, 5.74) is 3.93. The number of hydrogen-bond donors (Lipinski definition) is 1. The summed E-state index contributed by atoms with van der Waals surface area (Å²) in [6, 6.07) is 6.88. The maximum Gasteiger partial charge on any atom is 0.307 e. The fraction of sp³-hybridized carbons (Fsp3) is 0.0833. The van der Waals surface area contributed by atoms with E-state index in [1.54, 1.807) is 37.5 Å². The molecule has 1 N–H and O–H groups in total. The highest BCUT2D eigenvalue weighted by atomic mass is 79.9. The van der Waals surface area contributed by atoms with Crippen LogP contribution in [0.15, 0.2) is 50.8 Å². The number of hydrogen-bond acceptors (Lipinski definition) is 4. The molecular formula is C12H10BrN3O2. The molecule has 2 rings (SSSR count). The number of furan rings is 1. The van der Waals surface area contributed by atoms with Crippen LogP contribution >= 0.6 is 15.9 Å². The summed E-state index contributed by atoms with van der Waals surface area (Å²) in [6.45, 7) is 1.79. The lowest BCUT2D eigenvalue weighted by Crippen LogP contribution is -2.18. The van der Waals surface area contributed by atoms with E-state index in [-0.39, 0.29) is 5.76 Å². The molecule has 1 amide bonds. The van der Waals surface area contributed by atoms with Crippen molar-refractivity contribution in [3.8, 4) is 0 Å². The zero-order chi connectivity index (χ0) is 13.0. The Hall–Kier alpha value is -1.95. The van der Waals surface area contributed by atoms with E-state index < -0.39 is 5.91 Å². The van der Waals surface area contributed by atoms with Gasteiger partial charge < -0.3 is 4.42 Å². The molecule has 6 heteroatoms. The molecule has 0 aliphatic heterocycles. The molecule has 0 spiro atoms. The van der Waals surface area contributed by atoms with Crippen LogP contribution in [0.3, 0.4) is 0 Å². The first-order valence-electron chi connectivity index (χ1n) is 5.17. The molecule has 0 fully saturated rings. The highest BCUT2D eigenvalue weighted by Gasteiger charge is 2.09. The summed E-state index contributed by atoms with van der Waals surface area (Å²) in [4.78, 5) is 15.6. The molecule has 18 heavy (non-hydrogen) atoms. The predicted molar refractivity (Wildman–Crippen MR) is 70.3 cm³/mol. The Kier molecular flexibility index (Phi) is 3.88. The molecule has 2 aromatic rings. The number of pyridine rings is 1. The van der Waals surface area contributed by atoms with E-state index in [2.05, 4.69) is 31.4 Å². The van der Waals surface area contributed by atoms with E-state index in [1.807, 2.05) is 6.07 Å². The average molecular weight is 308 g/mol. The maximum atomic E-state index is 11.6. The Balaban J connectivity index is 2.05. The summed E-state index contributed by atoms with van der Waals surface area (Å²) < 4.78 is 5.61. The highest BCUT2D eigenvalue weighted by Crippen LogP contribution is 2.13. The van der Waals surface area contributed by atoms with Crippen molar-refractivity contribution >= 4 is 27.5 Å². The Morgan fingerprint density at radius 1 is 1.44 bits per heavy atom. The van der Waals surface area contributed by atoms with Gasteiger partial charge in [-0.3, -0.25) is 9.78 Å². The fourth-order valence-electron chi connectivity index (χ4n) is 1.27. The first-order valence-corrected chi connectivity index (χ1v) is 5.96. The molecule has 0 saturated carbocycles. The van der Waals surface area contributed by atoms with Crippen LogP contribution in [0.4, 0.5) is 0 Å². The number of carbonyl (C=O) groups excluding carboxylic acids is 1. The van der Waals surface area contributed by atoms with Gasteiger partial charge in [0.1, 0.15) is 0 Å². The number of rotatable bonds is 3. The maximum absolute atomic E-state index is 11.6. The molecular weight excluding hydrogens is 298 g/mol. The third kappa shape index (κ3) is 3.04. The van der Waals surface area contributed by atoms with E-state index in [4.69, 9.17) is 4.42 Å². The average Bonchev–Trinajstić information content (AvgIpc) is 2.83. The van der Waals surface area contributed by atoms with E-state index >= 15 is 0 Å². The van der Waals surface area contributed by atoms with Crippen molar-refractivity contribution in [2.24, 2.45) is 5.10 Å². The van der Waals surface area contributed by atoms with Gasteiger partial charge in [-0.25, -0.2) is 5.43 Å². The van der Waals surface area contributed by atoms with Crippen LogP contribution < -0.4 is 5.43 Å². The number of nitrogens with zero attached hydrogens (tertiary/aromatic N) is 2. The van der Waals surface area contributed by atoms with Crippen molar-refractivity contribution in [2.75, 3.05) is 0 Å². The summed E-state index contributed by atoms with van der Waals surface area (Å²) in [6.07, 6.45) is 3.35. The van der Waals surface area contributed by atoms with Gasteiger partial charge in [-0.2, -0.15) is 5.10 Å². The normalized spacial score (nSPS) is 11.3. The van der Waals surface area contributed by atoms with Crippen molar-refractivity contribution in [3.63, 3.8) is 0 Å². The number of halogens is 1. The molecule has 0 aliphatic rings. The molecule has 2 heterocycles. The molecule has 0 atom stereocenters. The van der Waals surface area contributed by atoms with Crippen LogP contribution in [0.1, 0.15) is 23.0 Å². The summed E-state index contributed by atoms with van der Waals surface area (Å²) in [7, 11) is 0. The van der Waals surface area contributed by atoms with E-state index in [0.717, 1.165) is 5.56 Å². The Bertz CT molecular complexity index is 578. The zero-order valence-electron chi connectivity index (χ0n) is 9.55. The molecule has 92 valence electrons. The van der Waals surface area contributed by atoms with Gasteiger partial charge in [0, 0.05) is 18.0 Å². The van der Waals surface area contributed by atoms with Crippen LogP contribution in [0.5, 0.6) is 0 Å². The standard InChI is InChI=1S/C12H10BrN3O2/c1-8(9-3-2-6-14-7-9)15-16-12(17)10-4-5-11(13)18-10/h2-7H,1H3,(H,16,17). The molecule has 0 saturated heterocycles. The zero-order valence-corrected chi connectivity index (χ0v) is 11.1. The van der Waals surface area contributed by atoms with Gasteiger partial charge in [-0.05, 0) is 41.1 Å². The first-order chi connectivity index (χ1) is 8.66. The van der Waals surface area contributed by atoms with E-state index in [9.17, 15) is 4.79 Å².